The van der Waals surface area contributed by atoms with Crippen molar-refractivity contribution in [2.45, 2.75) is 51.5 Å². The minimum absolute atomic E-state index is 0.0499. The summed E-state index contributed by atoms with van der Waals surface area (Å²) >= 11 is 0. The minimum atomic E-state index is -0.494. The number of anilines is 2. The summed E-state index contributed by atoms with van der Waals surface area (Å²) in [5.74, 6) is -0.286. The van der Waals surface area contributed by atoms with Gasteiger partial charge in [-0.25, -0.2) is 4.98 Å². The first kappa shape index (κ1) is 23.1. The predicted molar refractivity (Wildman–Crippen MR) is 135 cm³/mol. The molecule has 1 saturated heterocycles. The van der Waals surface area contributed by atoms with Gasteiger partial charge < -0.3 is 15.0 Å². The second-order valence-electron chi connectivity index (χ2n) is 9.35. The van der Waals surface area contributed by atoms with E-state index in [-0.39, 0.29) is 37.0 Å². The standard InChI is InChI=1S/C27H30N4O4/c1-18-16-20(30-14-4-5-15-30)10-11-22(18)29-25(32)17-35-26(33)13-12-24-28-23-7-3-2-6-21(23)27(34)31(24)19-8-9-19/h2-3,6-7,10-11,16,19H,4-5,8-9,12-15,17H2,1H3,(H,29,32). The molecule has 182 valence electrons. The van der Waals surface area contributed by atoms with Crippen LogP contribution >= 0.6 is 0 Å². The first-order valence-electron chi connectivity index (χ1n) is 12.3. The predicted octanol–water partition coefficient (Wildman–Crippen LogP) is 3.75. The average molecular weight is 475 g/mol. The molecule has 2 heterocycles. The number of carbonyl (C=O) groups excluding carboxylic acids is 2. The van der Waals surface area contributed by atoms with E-state index in [1.165, 1.54) is 12.8 Å². The molecular weight excluding hydrogens is 444 g/mol. The van der Waals surface area contributed by atoms with Crippen molar-refractivity contribution in [1.82, 2.24) is 9.55 Å². The summed E-state index contributed by atoms with van der Waals surface area (Å²) < 4.78 is 6.92. The topological polar surface area (TPSA) is 93.5 Å². The molecule has 2 aliphatic rings. The molecule has 0 unspecified atom stereocenters. The summed E-state index contributed by atoms with van der Waals surface area (Å²) in [6, 6.07) is 13.4. The van der Waals surface area contributed by atoms with Gasteiger partial charge in [0.25, 0.3) is 11.5 Å². The highest BCUT2D eigenvalue weighted by Gasteiger charge is 2.28. The van der Waals surface area contributed by atoms with E-state index in [0.29, 0.717) is 22.4 Å². The van der Waals surface area contributed by atoms with E-state index in [0.717, 1.165) is 37.2 Å². The molecule has 8 heteroatoms. The smallest absolute Gasteiger partial charge is 0.306 e. The molecule has 5 rings (SSSR count). The molecule has 3 aromatic rings. The van der Waals surface area contributed by atoms with Crippen LogP contribution in [-0.2, 0) is 20.7 Å². The van der Waals surface area contributed by atoms with E-state index in [2.05, 4.69) is 21.3 Å². The fourth-order valence-corrected chi connectivity index (χ4v) is 4.66. The van der Waals surface area contributed by atoms with Gasteiger partial charge in [0.2, 0.25) is 0 Å². The zero-order valence-electron chi connectivity index (χ0n) is 20.0. The van der Waals surface area contributed by atoms with Gasteiger partial charge in [-0.1, -0.05) is 12.1 Å². The van der Waals surface area contributed by atoms with Crippen LogP contribution in [0.15, 0.2) is 47.3 Å². The highest BCUT2D eigenvalue weighted by molar-refractivity contribution is 5.93. The Hall–Kier alpha value is -3.68. The number of amides is 1. The number of rotatable bonds is 8. The Balaban J connectivity index is 1.16. The van der Waals surface area contributed by atoms with Crippen LogP contribution in [0.1, 0.15) is 49.5 Å². The molecule has 0 radical (unpaired) electrons. The number of aromatic nitrogens is 2. The second kappa shape index (κ2) is 9.90. The fraction of sp³-hybridized carbons (Fsp3) is 0.407. The monoisotopic (exact) mass is 474 g/mol. The third kappa shape index (κ3) is 5.21. The maximum absolute atomic E-state index is 12.9. The third-order valence-electron chi connectivity index (χ3n) is 6.67. The molecular formula is C27H30N4O4. The Morgan fingerprint density at radius 1 is 1.11 bits per heavy atom. The van der Waals surface area contributed by atoms with Gasteiger partial charge in [0.1, 0.15) is 5.82 Å². The molecule has 1 aliphatic carbocycles. The lowest BCUT2D eigenvalue weighted by Gasteiger charge is -2.19. The summed E-state index contributed by atoms with van der Waals surface area (Å²) in [7, 11) is 0. The highest BCUT2D eigenvalue weighted by atomic mass is 16.5. The van der Waals surface area contributed by atoms with E-state index < -0.39 is 5.97 Å². The van der Waals surface area contributed by atoms with Gasteiger partial charge in [0.15, 0.2) is 6.61 Å². The lowest BCUT2D eigenvalue weighted by atomic mass is 10.1. The summed E-state index contributed by atoms with van der Waals surface area (Å²) in [6.45, 7) is 3.73. The van der Waals surface area contributed by atoms with Crippen molar-refractivity contribution in [2.75, 3.05) is 29.9 Å². The van der Waals surface area contributed by atoms with Gasteiger partial charge in [0.05, 0.1) is 17.3 Å². The Bertz CT molecular complexity index is 1320. The molecule has 1 saturated carbocycles. The average Bonchev–Trinajstić information content (AvgIpc) is 3.54. The van der Waals surface area contributed by atoms with Crippen molar-refractivity contribution in [2.24, 2.45) is 0 Å². The number of hydrogen-bond donors (Lipinski definition) is 1. The van der Waals surface area contributed by atoms with Gasteiger partial charge in [-0.3, -0.25) is 19.0 Å². The first-order chi connectivity index (χ1) is 17.0. The molecule has 0 atom stereocenters. The Labute approximate surface area is 203 Å². The van der Waals surface area contributed by atoms with E-state index in [1.54, 1.807) is 16.7 Å². The molecule has 1 aliphatic heterocycles. The number of para-hydroxylation sites is 1. The van der Waals surface area contributed by atoms with Crippen molar-refractivity contribution in [3.63, 3.8) is 0 Å². The van der Waals surface area contributed by atoms with E-state index in [9.17, 15) is 14.4 Å². The van der Waals surface area contributed by atoms with Gasteiger partial charge in [-0.15, -0.1) is 0 Å². The second-order valence-corrected chi connectivity index (χ2v) is 9.35. The number of benzene rings is 2. The van der Waals surface area contributed by atoms with Crippen LogP contribution in [0.3, 0.4) is 0 Å². The lowest BCUT2D eigenvalue weighted by Crippen LogP contribution is -2.26. The zero-order chi connectivity index (χ0) is 24.4. The molecule has 0 spiro atoms. The number of aryl methyl sites for hydroxylation is 2. The lowest BCUT2D eigenvalue weighted by molar-refractivity contribution is -0.147. The Kier molecular flexibility index (Phi) is 6.53. The molecule has 8 nitrogen and oxygen atoms in total. The number of fused-ring (bicyclic) bond motifs is 1. The third-order valence-corrected chi connectivity index (χ3v) is 6.67. The quantitative estimate of drug-likeness (QED) is 0.500. The van der Waals surface area contributed by atoms with E-state index in [4.69, 9.17) is 4.74 Å². The van der Waals surface area contributed by atoms with Crippen LogP contribution < -0.4 is 15.8 Å². The number of hydrogen-bond acceptors (Lipinski definition) is 6. The molecule has 1 aromatic heterocycles. The Morgan fingerprint density at radius 3 is 2.63 bits per heavy atom. The van der Waals surface area contributed by atoms with Gasteiger partial charge in [-0.05, 0) is 68.5 Å². The van der Waals surface area contributed by atoms with E-state index >= 15 is 0 Å². The van der Waals surface area contributed by atoms with Crippen molar-refractivity contribution >= 4 is 34.2 Å². The molecule has 1 amide bonds. The van der Waals surface area contributed by atoms with Gasteiger partial charge >= 0.3 is 5.97 Å². The zero-order valence-corrected chi connectivity index (χ0v) is 20.0. The van der Waals surface area contributed by atoms with Crippen molar-refractivity contribution in [1.29, 1.82) is 0 Å². The molecule has 1 N–H and O–H groups in total. The van der Waals surface area contributed by atoms with Crippen LogP contribution in [0, 0.1) is 6.92 Å². The van der Waals surface area contributed by atoms with Crippen molar-refractivity contribution < 1.29 is 14.3 Å². The maximum atomic E-state index is 12.9. The normalized spacial score (nSPS) is 15.4. The number of nitrogens with zero attached hydrogens (tertiary/aromatic N) is 3. The highest BCUT2D eigenvalue weighted by Crippen LogP contribution is 2.35. The van der Waals surface area contributed by atoms with Crippen molar-refractivity contribution in [3.8, 4) is 0 Å². The molecule has 35 heavy (non-hydrogen) atoms. The minimum Gasteiger partial charge on any atom is -0.456 e. The molecule has 0 bridgehead atoms. The summed E-state index contributed by atoms with van der Waals surface area (Å²) in [6.07, 6.45) is 4.63. The molecule has 2 fully saturated rings. The number of ether oxygens (including phenoxy) is 1. The number of carbonyl (C=O) groups is 2. The van der Waals surface area contributed by atoms with Gasteiger partial charge in [-0.2, -0.15) is 0 Å². The summed E-state index contributed by atoms with van der Waals surface area (Å²) in [4.78, 5) is 44.6. The molecule has 2 aromatic carbocycles. The Morgan fingerprint density at radius 2 is 1.89 bits per heavy atom. The van der Waals surface area contributed by atoms with Crippen molar-refractivity contribution in [3.05, 3.63) is 64.2 Å². The van der Waals surface area contributed by atoms with Crippen LogP contribution in [0.5, 0.6) is 0 Å². The number of nitrogens with one attached hydrogen (secondary N) is 1. The van der Waals surface area contributed by atoms with Gasteiger partial charge in [0, 0.05) is 36.9 Å². The SMILES string of the molecule is Cc1cc(N2CCCC2)ccc1NC(=O)COC(=O)CCc1nc2ccccc2c(=O)n1C1CC1. The van der Waals surface area contributed by atoms with E-state index in [1.807, 2.05) is 31.2 Å². The van der Waals surface area contributed by atoms with Crippen LogP contribution in [0.4, 0.5) is 11.4 Å². The van der Waals surface area contributed by atoms with Crippen LogP contribution in [0.25, 0.3) is 10.9 Å². The number of esters is 1. The summed E-state index contributed by atoms with van der Waals surface area (Å²) in [5.41, 5.74) is 3.41. The largest absolute Gasteiger partial charge is 0.456 e. The summed E-state index contributed by atoms with van der Waals surface area (Å²) in [5, 5.41) is 3.41. The van der Waals surface area contributed by atoms with Crippen LogP contribution in [-0.4, -0.2) is 41.1 Å². The van der Waals surface area contributed by atoms with Crippen LogP contribution in [0.2, 0.25) is 0 Å². The first-order valence-corrected chi connectivity index (χ1v) is 12.3. The maximum Gasteiger partial charge on any atom is 0.306 e. The fourth-order valence-electron chi connectivity index (χ4n) is 4.66.